The molecule has 1 aliphatic rings. The van der Waals surface area contributed by atoms with Crippen molar-refractivity contribution in [2.45, 2.75) is 39.0 Å². The highest BCUT2D eigenvalue weighted by Crippen LogP contribution is 2.34. The van der Waals surface area contributed by atoms with Crippen LogP contribution in [0.4, 0.5) is 0 Å². The smallest absolute Gasteiger partial charge is 0.224 e. The van der Waals surface area contributed by atoms with Gasteiger partial charge in [-0.05, 0) is 36.8 Å². The first-order chi connectivity index (χ1) is 5.24. The van der Waals surface area contributed by atoms with Crippen LogP contribution < -0.4 is 0 Å². The van der Waals surface area contributed by atoms with Crippen molar-refractivity contribution in [1.82, 2.24) is 0 Å². The predicted octanol–water partition coefficient (Wildman–Crippen LogP) is 2.97. The third-order valence-electron chi connectivity index (χ3n) is 2.56. The van der Waals surface area contributed by atoms with Gasteiger partial charge in [0.2, 0.25) is 5.24 Å². The number of hydrogen-bond acceptors (Lipinski definition) is 1. The lowest BCUT2D eigenvalue weighted by Gasteiger charge is -2.05. The first-order valence-corrected chi connectivity index (χ1v) is 4.81. The molecule has 0 heterocycles. The van der Waals surface area contributed by atoms with Crippen molar-refractivity contribution in [1.29, 1.82) is 0 Å². The third kappa shape index (κ3) is 2.48. The molecule has 0 aliphatic heterocycles. The molecule has 1 rings (SSSR count). The van der Waals surface area contributed by atoms with Gasteiger partial charge in [0.15, 0.2) is 0 Å². The highest BCUT2D eigenvalue weighted by atomic mass is 35.5. The Bertz CT molecular complexity index is 144. The van der Waals surface area contributed by atoms with Gasteiger partial charge in [0, 0.05) is 5.92 Å². The predicted molar refractivity (Wildman–Crippen MR) is 46.6 cm³/mol. The van der Waals surface area contributed by atoms with E-state index in [1.165, 1.54) is 19.3 Å². The molecule has 0 saturated heterocycles. The van der Waals surface area contributed by atoms with Gasteiger partial charge in [0.05, 0.1) is 0 Å². The molecule has 1 fully saturated rings. The zero-order chi connectivity index (χ0) is 8.27. The van der Waals surface area contributed by atoms with Gasteiger partial charge < -0.3 is 0 Å². The number of rotatable bonds is 3. The molecule has 0 amide bonds. The van der Waals surface area contributed by atoms with Gasteiger partial charge in [-0.15, -0.1) is 0 Å². The van der Waals surface area contributed by atoms with Gasteiger partial charge in [0.1, 0.15) is 0 Å². The van der Waals surface area contributed by atoms with E-state index < -0.39 is 0 Å². The summed E-state index contributed by atoms with van der Waals surface area (Å²) in [6.45, 7) is 2.19. The number of carbonyl (C=O) groups excluding carboxylic acids is 1. The minimum absolute atomic E-state index is 0.122. The van der Waals surface area contributed by atoms with Crippen LogP contribution in [0.3, 0.4) is 0 Å². The first-order valence-electron chi connectivity index (χ1n) is 4.43. The van der Waals surface area contributed by atoms with Crippen LogP contribution >= 0.6 is 11.6 Å². The lowest BCUT2D eigenvalue weighted by Crippen LogP contribution is -2.03. The van der Waals surface area contributed by atoms with Crippen molar-refractivity contribution >= 4 is 16.8 Å². The zero-order valence-corrected chi connectivity index (χ0v) is 7.73. The van der Waals surface area contributed by atoms with Crippen LogP contribution in [-0.4, -0.2) is 5.24 Å². The second-order valence-electron chi connectivity index (χ2n) is 3.47. The molecule has 2 atom stereocenters. The summed E-state index contributed by atoms with van der Waals surface area (Å²) in [5.41, 5.74) is 0. The summed E-state index contributed by atoms with van der Waals surface area (Å²) in [6, 6.07) is 0. The van der Waals surface area contributed by atoms with Gasteiger partial charge in [-0.25, -0.2) is 0 Å². The van der Waals surface area contributed by atoms with Gasteiger partial charge in [-0.1, -0.05) is 19.8 Å². The van der Waals surface area contributed by atoms with Gasteiger partial charge in [-0.2, -0.15) is 0 Å². The highest BCUT2D eigenvalue weighted by Gasteiger charge is 2.27. The van der Waals surface area contributed by atoms with Crippen molar-refractivity contribution in [3.8, 4) is 0 Å². The summed E-state index contributed by atoms with van der Waals surface area (Å²) in [6.07, 6.45) is 5.76. The second-order valence-corrected chi connectivity index (χ2v) is 3.84. The van der Waals surface area contributed by atoms with Crippen molar-refractivity contribution in [2.75, 3.05) is 0 Å². The Morgan fingerprint density at radius 2 is 2.27 bits per heavy atom. The minimum Gasteiger partial charge on any atom is -0.281 e. The molecule has 0 radical (unpaired) electrons. The average molecular weight is 175 g/mol. The molecular weight excluding hydrogens is 160 g/mol. The fourth-order valence-electron chi connectivity index (χ4n) is 1.95. The number of carbonyl (C=O) groups is 1. The Morgan fingerprint density at radius 3 is 2.73 bits per heavy atom. The van der Waals surface area contributed by atoms with E-state index in [-0.39, 0.29) is 11.2 Å². The monoisotopic (exact) mass is 174 g/mol. The third-order valence-corrected chi connectivity index (χ3v) is 2.87. The largest absolute Gasteiger partial charge is 0.281 e. The molecular formula is C9H15ClO. The van der Waals surface area contributed by atoms with E-state index in [1.54, 1.807) is 0 Å². The molecule has 0 aromatic carbocycles. The normalized spacial score (nSPS) is 30.7. The number of hydrogen-bond donors (Lipinski definition) is 0. The van der Waals surface area contributed by atoms with E-state index in [1.807, 2.05) is 0 Å². The molecule has 64 valence electrons. The molecule has 0 bridgehead atoms. The molecule has 1 saturated carbocycles. The standard InChI is InChI=1S/C9H15ClO/c1-2-3-7-4-5-8(6-7)9(10)11/h7-8H,2-6H2,1H3/t7-,8-/m0/s1. The van der Waals surface area contributed by atoms with Crippen molar-refractivity contribution in [3.63, 3.8) is 0 Å². The van der Waals surface area contributed by atoms with Gasteiger partial charge >= 0.3 is 0 Å². The summed E-state index contributed by atoms with van der Waals surface area (Å²) in [5.74, 6) is 0.945. The SMILES string of the molecule is CCC[C@H]1CC[C@H](C(=O)Cl)C1. The molecule has 0 aromatic rings. The van der Waals surface area contributed by atoms with Crippen LogP contribution in [0.2, 0.25) is 0 Å². The van der Waals surface area contributed by atoms with Crippen LogP contribution in [0, 0.1) is 11.8 Å². The Balaban J connectivity index is 2.29. The van der Waals surface area contributed by atoms with E-state index in [9.17, 15) is 4.79 Å². The number of halogens is 1. The maximum atomic E-state index is 10.8. The molecule has 0 unspecified atom stereocenters. The molecule has 11 heavy (non-hydrogen) atoms. The van der Waals surface area contributed by atoms with Crippen molar-refractivity contribution in [3.05, 3.63) is 0 Å². The Morgan fingerprint density at radius 1 is 1.55 bits per heavy atom. The average Bonchev–Trinajstić information content (AvgIpc) is 2.37. The summed E-state index contributed by atoms with van der Waals surface area (Å²) in [5, 5.41) is -0.122. The second kappa shape index (κ2) is 4.10. The Labute approximate surface area is 73.1 Å². The van der Waals surface area contributed by atoms with Crippen LogP contribution in [0.5, 0.6) is 0 Å². The van der Waals surface area contributed by atoms with Crippen LogP contribution in [-0.2, 0) is 4.79 Å². The minimum atomic E-state index is -0.122. The fourth-order valence-corrected chi connectivity index (χ4v) is 2.15. The zero-order valence-electron chi connectivity index (χ0n) is 6.98. The van der Waals surface area contributed by atoms with Crippen LogP contribution in [0.1, 0.15) is 39.0 Å². The summed E-state index contributed by atoms with van der Waals surface area (Å²) >= 11 is 5.41. The van der Waals surface area contributed by atoms with Crippen molar-refractivity contribution in [2.24, 2.45) is 11.8 Å². The molecule has 0 N–H and O–H groups in total. The molecule has 0 spiro atoms. The molecule has 2 heteroatoms. The maximum absolute atomic E-state index is 10.8. The van der Waals surface area contributed by atoms with Gasteiger partial charge in [0.25, 0.3) is 0 Å². The van der Waals surface area contributed by atoms with Crippen molar-refractivity contribution < 1.29 is 4.79 Å². The van der Waals surface area contributed by atoms with E-state index in [4.69, 9.17) is 11.6 Å². The lowest BCUT2D eigenvalue weighted by atomic mass is 10.0. The Hall–Kier alpha value is -0.0400. The Kier molecular flexibility index (Phi) is 3.38. The first kappa shape index (κ1) is 9.05. The highest BCUT2D eigenvalue weighted by molar-refractivity contribution is 6.64. The van der Waals surface area contributed by atoms with Gasteiger partial charge in [-0.3, -0.25) is 4.79 Å². The van der Waals surface area contributed by atoms with E-state index in [0.29, 0.717) is 0 Å². The van der Waals surface area contributed by atoms with E-state index in [2.05, 4.69) is 6.92 Å². The quantitative estimate of drug-likeness (QED) is 0.602. The topological polar surface area (TPSA) is 17.1 Å². The van der Waals surface area contributed by atoms with Crippen LogP contribution in [0.15, 0.2) is 0 Å². The lowest BCUT2D eigenvalue weighted by molar-refractivity contribution is -0.115. The summed E-state index contributed by atoms with van der Waals surface area (Å²) in [4.78, 5) is 10.8. The van der Waals surface area contributed by atoms with E-state index >= 15 is 0 Å². The molecule has 1 aliphatic carbocycles. The molecule has 1 nitrogen and oxygen atoms in total. The summed E-state index contributed by atoms with van der Waals surface area (Å²) in [7, 11) is 0. The van der Waals surface area contributed by atoms with Crippen LogP contribution in [0.25, 0.3) is 0 Å². The maximum Gasteiger partial charge on any atom is 0.224 e. The van der Waals surface area contributed by atoms with E-state index in [0.717, 1.165) is 18.8 Å². The molecule has 0 aromatic heterocycles. The summed E-state index contributed by atoms with van der Waals surface area (Å²) < 4.78 is 0. The fraction of sp³-hybridized carbons (Fsp3) is 0.889.